The molecule has 0 aliphatic heterocycles. The van der Waals surface area contributed by atoms with Gasteiger partial charge in [0.2, 0.25) is 0 Å². The van der Waals surface area contributed by atoms with Gasteiger partial charge in [-0.15, -0.1) is 0 Å². The van der Waals surface area contributed by atoms with Crippen LogP contribution in [0.15, 0.2) is 0 Å². The van der Waals surface area contributed by atoms with E-state index in [1.165, 1.54) is 25.7 Å². The minimum Gasteiger partial charge on any atom is -0.463 e. The maximum absolute atomic E-state index is 11.4. The molecule has 0 aromatic carbocycles. The summed E-state index contributed by atoms with van der Waals surface area (Å²) in [5, 5.41) is 0. The highest BCUT2D eigenvalue weighted by Crippen LogP contribution is 2.02. The largest absolute Gasteiger partial charge is 0.463 e. The smallest absolute Gasteiger partial charge is 0.305 e. The summed E-state index contributed by atoms with van der Waals surface area (Å²) >= 11 is 0. The summed E-state index contributed by atoms with van der Waals surface area (Å²) in [4.78, 5) is 11.4. The first-order valence-corrected chi connectivity index (χ1v) is 11.9. The first-order valence-electron chi connectivity index (χ1n) is 11.9. The Morgan fingerprint density at radius 3 is 1.37 bits per heavy atom. The van der Waals surface area contributed by atoms with E-state index in [1.54, 1.807) is 0 Å². The van der Waals surface area contributed by atoms with E-state index in [9.17, 15) is 4.79 Å². The lowest BCUT2D eigenvalue weighted by atomic mass is 10.2. The van der Waals surface area contributed by atoms with Crippen molar-refractivity contribution in [1.29, 1.82) is 0 Å². The van der Waals surface area contributed by atoms with E-state index in [2.05, 4.69) is 13.8 Å². The van der Waals surface area contributed by atoms with Crippen molar-refractivity contribution in [1.82, 2.24) is 0 Å². The van der Waals surface area contributed by atoms with Crippen LogP contribution in [0.4, 0.5) is 0 Å². The molecule has 0 aromatic heterocycles. The van der Waals surface area contributed by atoms with E-state index in [-0.39, 0.29) is 5.97 Å². The van der Waals surface area contributed by atoms with Crippen LogP contribution >= 0.6 is 0 Å². The summed E-state index contributed by atoms with van der Waals surface area (Å²) in [7, 11) is 0. The van der Waals surface area contributed by atoms with Crippen LogP contribution in [-0.2, 0) is 33.2 Å². The van der Waals surface area contributed by atoms with Gasteiger partial charge in [0.1, 0.15) is 6.61 Å². The Hall–Kier alpha value is -0.730. The van der Waals surface area contributed by atoms with Crippen LogP contribution in [0.1, 0.15) is 71.6 Å². The molecule has 0 saturated heterocycles. The van der Waals surface area contributed by atoms with Gasteiger partial charge in [0, 0.05) is 13.0 Å². The van der Waals surface area contributed by atoms with Gasteiger partial charge >= 0.3 is 5.97 Å². The molecular formula is C23H46O7. The Bertz CT molecular complexity index is 340. The zero-order valence-electron chi connectivity index (χ0n) is 19.5. The Balaban J connectivity index is 3.06. The number of ether oxygens (including phenoxy) is 6. The molecule has 30 heavy (non-hydrogen) atoms. The number of esters is 1. The molecule has 0 bridgehead atoms. The van der Waals surface area contributed by atoms with E-state index in [4.69, 9.17) is 28.4 Å². The molecule has 0 aromatic rings. The first-order chi connectivity index (χ1) is 14.8. The maximum Gasteiger partial charge on any atom is 0.305 e. The number of carbonyl (C=O) groups excluding carboxylic acids is 1. The van der Waals surface area contributed by atoms with Crippen LogP contribution in [0.2, 0.25) is 0 Å². The van der Waals surface area contributed by atoms with E-state index in [0.29, 0.717) is 72.5 Å². The van der Waals surface area contributed by atoms with Gasteiger partial charge in [-0.05, 0) is 12.8 Å². The fourth-order valence-electron chi connectivity index (χ4n) is 2.60. The summed E-state index contributed by atoms with van der Waals surface area (Å²) in [6.07, 6.45) is 9.85. The third-order valence-electron chi connectivity index (χ3n) is 4.36. The Kier molecular flexibility index (Phi) is 25.7. The first kappa shape index (κ1) is 29.3. The SMILES string of the molecule is CCCCCCCOCCOCCOCCOCCOCCOC(=O)CCCCC. The van der Waals surface area contributed by atoms with Crippen LogP contribution in [-0.4, -0.2) is 78.6 Å². The van der Waals surface area contributed by atoms with Gasteiger partial charge in [-0.25, -0.2) is 0 Å². The number of unbranched alkanes of at least 4 members (excludes halogenated alkanes) is 6. The summed E-state index contributed by atoms with van der Waals surface area (Å²) in [5.41, 5.74) is 0. The minimum atomic E-state index is -0.144. The lowest BCUT2D eigenvalue weighted by Gasteiger charge is -2.08. The van der Waals surface area contributed by atoms with Crippen LogP contribution in [0, 0.1) is 0 Å². The molecule has 0 saturated carbocycles. The molecule has 0 fully saturated rings. The van der Waals surface area contributed by atoms with Gasteiger partial charge in [-0.3, -0.25) is 4.79 Å². The second-order valence-electron chi connectivity index (χ2n) is 7.15. The van der Waals surface area contributed by atoms with Gasteiger partial charge < -0.3 is 28.4 Å². The van der Waals surface area contributed by atoms with E-state index >= 15 is 0 Å². The Morgan fingerprint density at radius 1 is 0.467 bits per heavy atom. The van der Waals surface area contributed by atoms with Crippen molar-refractivity contribution < 1.29 is 33.2 Å². The van der Waals surface area contributed by atoms with Crippen LogP contribution < -0.4 is 0 Å². The van der Waals surface area contributed by atoms with Gasteiger partial charge in [0.15, 0.2) is 0 Å². The van der Waals surface area contributed by atoms with Crippen molar-refractivity contribution in [3.8, 4) is 0 Å². The number of hydrogen-bond acceptors (Lipinski definition) is 7. The van der Waals surface area contributed by atoms with Crippen molar-refractivity contribution in [2.45, 2.75) is 71.6 Å². The average molecular weight is 435 g/mol. The molecule has 0 unspecified atom stereocenters. The fraction of sp³-hybridized carbons (Fsp3) is 0.957. The highest BCUT2D eigenvalue weighted by molar-refractivity contribution is 5.69. The fourth-order valence-corrected chi connectivity index (χ4v) is 2.60. The lowest BCUT2D eigenvalue weighted by molar-refractivity contribution is -0.145. The number of carbonyl (C=O) groups is 1. The Morgan fingerprint density at radius 2 is 0.867 bits per heavy atom. The molecule has 7 heteroatoms. The van der Waals surface area contributed by atoms with Gasteiger partial charge in [-0.1, -0.05) is 52.4 Å². The molecule has 0 N–H and O–H groups in total. The van der Waals surface area contributed by atoms with Gasteiger partial charge in [0.25, 0.3) is 0 Å². The summed E-state index contributed by atoms with van der Waals surface area (Å²) < 4.78 is 32.3. The van der Waals surface area contributed by atoms with Crippen molar-refractivity contribution in [3.05, 3.63) is 0 Å². The number of rotatable bonds is 25. The quantitative estimate of drug-likeness (QED) is 0.158. The van der Waals surface area contributed by atoms with E-state index < -0.39 is 0 Å². The third kappa shape index (κ3) is 25.3. The number of hydrogen-bond donors (Lipinski definition) is 0. The Labute approximate surface area is 184 Å². The maximum atomic E-state index is 11.4. The zero-order valence-corrected chi connectivity index (χ0v) is 19.5. The molecule has 0 spiro atoms. The van der Waals surface area contributed by atoms with E-state index in [1.807, 2.05) is 0 Å². The van der Waals surface area contributed by atoms with Crippen LogP contribution in [0.5, 0.6) is 0 Å². The summed E-state index contributed by atoms with van der Waals surface area (Å²) in [6, 6.07) is 0. The van der Waals surface area contributed by atoms with Gasteiger partial charge in [-0.2, -0.15) is 0 Å². The van der Waals surface area contributed by atoms with Gasteiger partial charge in [0.05, 0.1) is 59.5 Å². The highest BCUT2D eigenvalue weighted by atomic mass is 16.6. The third-order valence-corrected chi connectivity index (χ3v) is 4.36. The standard InChI is InChI=1S/C23H46O7/c1-3-5-7-8-10-12-25-13-14-26-15-16-27-17-18-28-19-20-29-21-22-30-23(24)11-9-6-4-2/h3-22H2,1-2H3. The molecule has 0 heterocycles. The summed E-state index contributed by atoms with van der Waals surface area (Å²) in [6.45, 7) is 10.3. The van der Waals surface area contributed by atoms with Crippen LogP contribution in [0.3, 0.4) is 0 Å². The lowest BCUT2D eigenvalue weighted by Crippen LogP contribution is -2.15. The van der Waals surface area contributed by atoms with Crippen molar-refractivity contribution in [3.63, 3.8) is 0 Å². The molecule has 0 aliphatic carbocycles. The molecule has 0 radical (unpaired) electrons. The molecule has 180 valence electrons. The molecule has 0 amide bonds. The monoisotopic (exact) mass is 434 g/mol. The average Bonchev–Trinajstić information content (AvgIpc) is 2.75. The van der Waals surface area contributed by atoms with E-state index in [0.717, 1.165) is 32.3 Å². The van der Waals surface area contributed by atoms with Crippen LogP contribution in [0.25, 0.3) is 0 Å². The van der Waals surface area contributed by atoms with Crippen molar-refractivity contribution in [2.75, 3.05) is 72.7 Å². The topological polar surface area (TPSA) is 72.5 Å². The predicted molar refractivity (Wildman–Crippen MR) is 118 cm³/mol. The predicted octanol–water partition coefficient (Wildman–Crippen LogP) is 4.16. The highest BCUT2D eigenvalue weighted by Gasteiger charge is 2.01. The zero-order chi connectivity index (χ0) is 22.0. The summed E-state index contributed by atoms with van der Waals surface area (Å²) in [5.74, 6) is -0.144. The molecule has 0 atom stereocenters. The van der Waals surface area contributed by atoms with Crippen molar-refractivity contribution >= 4 is 5.97 Å². The normalized spacial score (nSPS) is 11.1. The molecule has 0 rings (SSSR count). The molecule has 0 aliphatic rings. The van der Waals surface area contributed by atoms with Crippen molar-refractivity contribution in [2.24, 2.45) is 0 Å². The second-order valence-corrected chi connectivity index (χ2v) is 7.15. The minimum absolute atomic E-state index is 0.144. The molecule has 7 nitrogen and oxygen atoms in total. The molecular weight excluding hydrogens is 388 g/mol. The second kappa shape index (κ2) is 26.3.